The second-order valence-electron chi connectivity index (χ2n) is 8.34. The quantitative estimate of drug-likeness (QED) is 0.364. The zero-order valence-corrected chi connectivity index (χ0v) is 21.2. The van der Waals surface area contributed by atoms with Gasteiger partial charge in [-0.05, 0) is 62.2 Å². The highest BCUT2D eigenvalue weighted by Crippen LogP contribution is 2.31. The molecule has 7 nitrogen and oxygen atoms in total. The first-order valence-corrected chi connectivity index (χ1v) is 13.6. The van der Waals surface area contributed by atoms with E-state index in [0.717, 1.165) is 24.4 Å². The molecule has 1 aliphatic heterocycles. The summed E-state index contributed by atoms with van der Waals surface area (Å²) in [6.07, 6.45) is 6.47. The van der Waals surface area contributed by atoms with E-state index in [1.165, 1.54) is 44.1 Å². The van der Waals surface area contributed by atoms with Gasteiger partial charge in [-0.2, -0.15) is 4.98 Å². The van der Waals surface area contributed by atoms with E-state index < -0.39 is 7.80 Å². The number of halogens is 1. The maximum Gasteiger partial charge on any atom is 0.375 e. The van der Waals surface area contributed by atoms with Crippen molar-refractivity contribution in [3.63, 3.8) is 0 Å². The maximum absolute atomic E-state index is 12.1. The minimum Gasteiger partial charge on any atom is -0.495 e. The molecule has 1 aliphatic rings. The van der Waals surface area contributed by atoms with Gasteiger partial charge in [0, 0.05) is 6.54 Å². The van der Waals surface area contributed by atoms with Crippen LogP contribution in [0.15, 0.2) is 48.7 Å². The van der Waals surface area contributed by atoms with Gasteiger partial charge in [0.05, 0.1) is 24.7 Å². The molecule has 9 heteroatoms. The summed E-state index contributed by atoms with van der Waals surface area (Å²) in [5.41, 5.74) is 2.71. The van der Waals surface area contributed by atoms with Crippen LogP contribution in [0.3, 0.4) is 0 Å². The Labute approximate surface area is 206 Å². The molecule has 2 aromatic carbocycles. The molecule has 34 heavy (non-hydrogen) atoms. The van der Waals surface area contributed by atoms with Crippen LogP contribution in [0.4, 0.5) is 23.1 Å². The molecule has 178 valence electrons. The van der Waals surface area contributed by atoms with E-state index in [0.29, 0.717) is 27.8 Å². The van der Waals surface area contributed by atoms with Crippen molar-refractivity contribution in [2.75, 3.05) is 44.0 Å². The average molecular weight is 499 g/mol. The Morgan fingerprint density at radius 2 is 1.88 bits per heavy atom. The maximum atomic E-state index is 12.1. The SMILES string of the molecule is COc1cc(CCN2CCCCC2)ccc1Nc1ncc(Cl)c(Nc2ccccc2[P+](C)=O)n1. The van der Waals surface area contributed by atoms with Gasteiger partial charge in [-0.25, -0.2) is 4.98 Å². The minimum atomic E-state index is -1.52. The number of hydrogen-bond donors (Lipinski definition) is 2. The van der Waals surface area contributed by atoms with E-state index in [9.17, 15) is 4.57 Å². The Morgan fingerprint density at radius 3 is 2.65 bits per heavy atom. The third-order valence-electron chi connectivity index (χ3n) is 5.92. The number of rotatable bonds is 9. The molecule has 0 aliphatic carbocycles. The molecule has 3 aromatic rings. The molecule has 2 N–H and O–H groups in total. The normalized spacial score (nSPS) is 14.5. The van der Waals surface area contributed by atoms with Crippen LogP contribution in [0, 0.1) is 0 Å². The summed E-state index contributed by atoms with van der Waals surface area (Å²) in [7, 11) is 0.139. The van der Waals surface area contributed by atoms with Gasteiger partial charge >= 0.3 is 7.80 Å². The number of hydrogen-bond acceptors (Lipinski definition) is 7. The molecule has 0 saturated carbocycles. The number of benzene rings is 2. The van der Waals surface area contributed by atoms with Gasteiger partial charge in [0.2, 0.25) is 11.3 Å². The van der Waals surface area contributed by atoms with Crippen molar-refractivity contribution >= 4 is 47.8 Å². The van der Waals surface area contributed by atoms with Gasteiger partial charge in [-0.15, -0.1) is 0 Å². The molecule has 2 heterocycles. The molecular formula is C25H30ClN5O2P+. The van der Waals surface area contributed by atoms with E-state index >= 15 is 0 Å². The van der Waals surface area contributed by atoms with Gasteiger partial charge < -0.3 is 20.3 Å². The van der Waals surface area contributed by atoms with Gasteiger partial charge in [0.1, 0.15) is 17.4 Å². The van der Waals surface area contributed by atoms with Crippen LogP contribution in [0.1, 0.15) is 24.8 Å². The van der Waals surface area contributed by atoms with Crippen molar-refractivity contribution < 1.29 is 9.30 Å². The molecule has 4 rings (SSSR count). The lowest BCUT2D eigenvalue weighted by Gasteiger charge is -2.26. The highest BCUT2D eigenvalue weighted by Gasteiger charge is 2.19. The summed E-state index contributed by atoms with van der Waals surface area (Å²) in [6, 6.07) is 13.6. The highest BCUT2D eigenvalue weighted by molar-refractivity contribution is 7.53. The number of anilines is 4. The zero-order valence-electron chi connectivity index (χ0n) is 19.6. The Bertz CT molecular complexity index is 1150. The van der Waals surface area contributed by atoms with Crippen LogP contribution in [0.2, 0.25) is 5.02 Å². The number of likely N-dealkylation sites (tertiary alicyclic amines) is 1. The van der Waals surface area contributed by atoms with Crippen molar-refractivity contribution in [2.45, 2.75) is 25.7 Å². The van der Waals surface area contributed by atoms with Crippen molar-refractivity contribution in [2.24, 2.45) is 0 Å². The van der Waals surface area contributed by atoms with Crippen LogP contribution < -0.4 is 20.7 Å². The third kappa shape index (κ3) is 6.23. The van der Waals surface area contributed by atoms with E-state index in [4.69, 9.17) is 16.3 Å². The molecule has 0 bridgehead atoms. The summed E-state index contributed by atoms with van der Waals surface area (Å²) in [5.74, 6) is 1.54. The molecule has 0 radical (unpaired) electrons. The zero-order chi connectivity index (χ0) is 23.9. The smallest absolute Gasteiger partial charge is 0.375 e. The molecule has 0 spiro atoms. The summed E-state index contributed by atoms with van der Waals surface area (Å²) >= 11 is 6.34. The second-order valence-corrected chi connectivity index (χ2v) is 10.2. The third-order valence-corrected chi connectivity index (χ3v) is 7.26. The lowest BCUT2D eigenvalue weighted by Crippen LogP contribution is -2.31. The molecule has 1 saturated heterocycles. The topological polar surface area (TPSA) is 79.4 Å². The van der Waals surface area contributed by atoms with Gasteiger partial charge in [-0.1, -0.05) is 40.8 Å². The van der Waals surface area contributed by atoms with Crippen LogP contribution >= 0.6 is 19.4 Å². The summed E-state index contributed by atoms with van der Waals surface area (Å²) in [5, 5.41) is 7.50. The van der Waals surface area contributed by atoms with Crippen molar-refractivity contribution in [3.8, 4) is 5.75 Å². The standard InChI is InChI=1S/C25H30ClN5O2P/c1-33-22-16-18(12-15-31-13-6-3-7-14-31)10-11-20(22)29-25-27-17-19(26)24(30-25)28-21-8-4-5-9-23(21)34(2)32/h4-5,8-11,16-17H,3,6-7,12-15H2,1-2H3,(H2,27,28,29,30)/q+1. The van der Waals surface area contributed by atoms with Crippen LogP contribution in [-0.2, 0) is 11.0 Å². The largest absolute Gasteiger partial charge is 0.495 e. The molecular weight excluding hydrogens is 469 g/mol. The Hall–Kier alpha value is -2.73. The van der Waals surface area contributed by atoms with Crippen LogP contribution in [0.25, 0.3) is 0 Å². The van der Waals surface area contributed by atoms with Crippen molar-refractivity contribution in [1.82, 2.24) is 14.9 Å². The fourth-order valence-corrected chi connectivity index (χ4v) is 4.99. The lowest BCUT2D eigenvalue weighted by molar-refractivity contribution is 0.231. The summed E-state index contributed by atoms with van der Waals surface area (Å²) < 4.78 is 17.7. The van der Waals surface area contributed by atoms with Gasteiger partial charge in [0.15, 0.2) is 5.82 Å². The number of nitrogens with one attached hydrogen (secondary N) is 2. The monoisotopic (exact) mass is 498 g/mol. The summed E-state index contributed by atoms with van der Waals surface area (Å²) in [4.78, 5) is 11.4. The van der Waals surface area contributed by atoms with E-state index in [2.05, 4.69) is 37.6 Å². The average Bonchev–Trinajstić information content (AvgIpc) is 2.86. The van der Waals surface area contributed by atoms with Crippen LogP contribution in [0.5, 0.6) is 5.75 Å². The number of nitrogens with zero attached hydrogens (tertiary/aromatic N) is 3. The van der Waals surface area contributed by atoms with Crippen molar-refractivity contribution in [3.05, 3.63) is 59.2 Å². The van der Waals surface area contributed by atoms with E-state index in [1.54, 1.807) is 13.8 Å². The Kier molecular flexibility index (Phi) is 8.33. The number of aromatic nitrogens is 2. The molecule has 1 aromatic heterocycles. The first-order chi connectivity index (χ1) is 16.5. The highest BCUT2D eigenvalue weighted by atomic mass is 35.5. The fourth-order valence-electron chi connectivity index (χ4n) is 4.08. The fraction of sp³-hybridized carbons (Fsp3) is 0.360. The minimum absolute atomic E-state index is 0.367. The number of ether oxygens (including phenoxy) is 1. The van der Waals surface area contributed by atoms with Gasteiger partial charge in [0.25, 0.3) is 0 Å². The van der Waals surface area contributed by atoms with E-state index in [-0.39, 0.29) is 0 Å². The Balaban J connectivity index is 1.48. The number of para-hydroxylation sites is 1. The van der Waals surface area contributed by atoms with Gasteiger partial charge in [-0.3, -0.25) is 0 Å². The molecule has 1 fully saturated rings. The lowest BCUT2D eigenvalue weighted by atomic mass is 10.1. The molecule has 1 atom stereocenters. The second kappa shape index (κ2) is 11.6. The number of piperidine rings is 1. The first kappa shape index (κ1) is 24.4. The van der Waals surface area contributed by atoms with E-state index in [1.807, 2.05) is 30.3 Å². The molecule has 0 amide bonds. The predicted octanol–water partition coefficient (Wildman–Crippen LogP) is 5.74. The summed E-state index contributed by atoms with van der Waals surface area (Å²) in [6.45, 7) is 5.13. The first-order valence-electron chi connectivity index (χ1n) is 11.5. The number of methoxy groups -OCH3 is 1. The van der Waals surface area contributed by atoms with Crippen LogP contribution in [-0.4, -0.2) is 48.3 Å². The predicted molar refractivity (Wildman–Crippen MR) is 140 cm³/mol. The van der Waals surface area contributed by atoms with Crippen molar-refractivity contribution in [1.29, 1.82) is 0 Å². The Morgan fingerprint density at radius 1 is 1.09 bits per heavy atom. The molecule has 1 unspecified atom stereocenters.